The topological polar surface area (TPSA) is 77.2 Å². The minimum atomic E-state index is -0.846. The van der Waals surface area contributed by atoms with Gasteiger partial charge in [-0.15, -0.1) is 11.3 Å². The molecule has 0 bridgehead atoms. The number of aliphatic carboxylic acids is 1. The number of benzene rings is 1. The number of ether oxygens (including phenoxy) is 1. The third-order valence-electron chi connectivity index (χ3n) is 5.08. The number of carboxylic acid groups (broad SMARTS) is 1. The van der Waals surface area contributed by atoms with E-state index < -0.39 is 5.97 Å². The smallest absolute Gasteiger partial charge is 0.304 e. The second kappa shape index (κ2) is 8.14. The molecule has 1 aliphatic carbocycles. The van der Waals surface area contributed by atoms with E-state index in [9.17, 15) is 9.90 Å². The summed E-state index contributed by atoms with van der Waals surface area (Å²) in [4.78, 5) is 21.8. The maximum Gasteiger partial charge on any atom is 0.304 e. The minimum Gasteiger partial charge on any atom is -0.486 e. The summed E-state index contributed by atoms with van der Waals surface area (Å²) >= 11 is 1.76. The molecule has 1 aliphatic rings. The first kappa shape index (κ1) is 18.7. The highest BCUT2D eigenvalue weighted by Crippen LogP contribution is 2.30. The Morgan fingerprint density at radius 1 is 1.29 bits per heavy atom. The van der Waals surface area contributed by atoms with Crippen LogP contribution in [0.1, 0.15) is 52.1 Å². The van der Waals surface area contributed by atoms with Crippen molar-refractivity contribution in [2.24, 2.45) is 7.05 Å². The number of carbonyl (C=O) groups is 1. The lowest BCUT2D eigenvalue weighted by Gasteiger charge is -2.16. The molecule has 0 aliphatic heterocycles. The minimum absolute atomic E-state index is 0.00424. The van der Waals surface area contributed by atoms with E-state index in [-0.39, 0.29) is 12.3 Å². The Bertz CT molecular complexity index is 938. The van der Waals surface area contributed by atoms with E-state index in [0.29, 0.717) is 6.61 Å². The van der Waals surface area contributed by atoms with Crippen LogP contribution >= 0.6 is 11.3 Å². The van der Waals surface area contributed by atoms with Crippen LogP contribution < -0.4 is 4.74 Å². The average Bonchev–Trinajstić information content (AvgIpc) is 3.30. The Balaban J connectivity index is 1.45. The molecule has 0 spiro atoms. The van der Waals surface area contributed by atoms with Crippen LogP contribution in [-0.4, -0.2) is 25.6 Å². The molecule has 2 heterocycles. The fraction of sp³-hybridized carbons (Fsp3) is 0.381. The van der Waals surface area contributed by atoms with Gasteiger partial charge in [-0.2, -0.15) is 0 Å². The summed E-state index contributed by atoms with van der Waals surface area (Å²) < 4.78 is 7.77. The first-order chi connectivity index (χ1) is 13.6. The van der Waals surface area contributed by atoms with Gasteiger partial charge in [0, 0.05) is 24.3 Å². The number of imidazole rings is 1. The molecular formula is C21H23N3O3S. The van der Waals surface area contributed by atoms with Crippen LogP contribution in [0.3, 0.4) is 0 Å². The van der Waals surface area contributed by atoms with Gasteiger partial charge in [0.1, 0.15) is 23.2 Å². The summed E-state index contributed by atoms with van der Waals surface area (Å²) in [5.41, 5.74) is 2.16. The van der Waals surface area contributed by atoms with Crippen LogP contribution in [0.5, 0.6) is 5.75 Å². The third-order valence-corrected chi connectivity index (χ3v) is 6.21. The molecule has 7 heteroatoms. The molecule has 1 N–H and O–H groups in total. The van der Waals surface area contributed by atoms with Crippen LogP contribution in [0, 0.1) is 0 Å². The van der Waals surface area contributed by atoms with E-state index in [1.807, 2.05) is 42.1 Å². The molecular weight excluding hydrogens is 374 g/mol. The molecule has 1 aromatic carbocycles. The fourth-order valence-corrected chi connectivity index (χ4v) is 4.72. The van der Waals surface area contributed by atoms with Crippen molar-refractivity contribution in [3.8, 4) is 5.75 Å². The van der Waals surface area contributed by atoms with Crippen LogP contribution in [0.15, 0.2) is 36.7 Å². The Labute approximate surface area is 167 Å². The van der Waals surface area contributed by atoms with Gasteiger partial charge >= 0.3 is 5.97 Å². The summed E-state index contributed by atoms with van der Waals surface area (Å²) in [6.07, 6.45) is 8.22. The summed E-state index contributed by atoms with van der Waals surface area (Å²) in [5.74, 6) is 0.355. The molecule has 1 unspecified atom stereocenters. The Morgan fingerprint density at radius 2 is 2.07 bits per heavy atom. The van der Waals surface area contributed by atoms with Crippen LogP contribution in [-0.2, 0) is 31.3 Å². The lowest BCUT2D eigenvalue weighted by atomic mass is 9.94. The molecule has 3 aromatic rings. The lowest BCUT2D eigenvalue weighted by molar-refractivity contribution is -0.137. The van der Waals surface area contributed by atoms with Crippen molar-refractivity contribution in [3.63, 3.8) is 0 Å². The summed E-state index contributed by atoms with van der Waals surface area (Å²) in [6.45, 7) is 0.467. The second-order valence-electron chi connectivity index (χ2n) is 7.09. The maximum atomic E-state index is 11.3. The normalized spacial score (nSPS) is 14.5. The van der Waals surface area contributed by atoms with Crippen molar-refractivity contribution < 1.29 is 14.6 Å². The van der Waals surface area contributed by atoms with Gasteiger partial charge in [-0.05, 0) is 43.4 Å². The Morgan fingerprint density at radius 3 is 2.75 bits per heavy atom. The number of nitrogens with zero attached hydrogens (tertiary/aromatic N) is 3. The number of carboxylic acids is 1. The zero-order valence-electron chi connectivity index (χ0n) is 15.8. The first-order valence-corrected chi connectivity index (χ1v) is 10.3. The standard InChI is InChI=1S/C21H23N3O3S/c1-24-11-10-22-21(24)16(12-20(25)26)14-6-8-15(9-7-14)27-13-19-23-17-4-2-3-5-18(17)28-19/h6-11,16H,2-5,12-13H2,1H3,(H,25,26). The van der Waals surface area contributed by atoms with E-state index in [4.69, 9.17) is 9.72 Å². The first-order valence-electron chi connectivity index (χ1n) is 9.49. The van der Waals surface area contributed by atoms with Crippen molar-refractivity contribution >= 4 is 17.3 Å². The average molecular weight is 398 g/mol. The van der Waals surface area contributed by atoms with Gasteiger partial charge in [0.15, 0.2) is 0 Å². The molecule has 146 valence electrons. The number of rotatable bonds is 7. The van der Waals surface area contributed by atoms with Crippen molar-refractivity contribution in [3.05, 3.63) is 63.6 Å². The largest absolute Gasteiger partial charge is 0.486 e. The quantitative estimate of drug-likeness (QED) is 0.653. The monoisotopic (exact) mass is 397 g/mol. The molecule has 0 radical (unpaired) electrons. The van der Waals surface area contributed by atoms with Gasteiger partial charge in [-0.1, -0.05) is 12.1 Å². The number of fused-ring (bicyclic) bond motifs is 1. The fourth-order valence-electron chi connectivity index (χ4n) is 3.65. The molecule has 2 aromatic heterocycles. The van der Waals surface area contributed by atoms with E-state index >= 15 is 0 Å². The van der Waals surface area contributed by atoms with E-state index in [2.05, 4.69) is 4.98 Å². The van der Waals surface area contributed by atoms with Crippen molar-refractivity contribution in [1.29, 1.82) is 0 Å². The van der Waals surface area contributed by atoms with Gasteiger partial charge in [-0.25, -0.2) is 9.97 Å². The molecule has 0 saturated carbocycles. The molecule has 4 rings (SSSR count). The highest BCUT2D eigenvalue weighted by molar-refractivity contribution is 7.11. The van der Waals surface area contributed by atoms with Crippen LogP contribution in [0.25, 0.3) is 0 Å². The predicted molar refractivity (Wildman–Crippen MR) is 107 cm³/mol. The Kier molecular flexibility index (Phi) is 5.43. The molecule has 6 nitrogen and oxygen atoms in total. The van der Waals surface area contributed by atoms with Crippen molar-refractivity contribution in [2.45, 2.75) is 44.6 Å². The zero-order chi connectivity index (χ0) is 19.5. The SMILES string of the molecule is Cn1ccnc1C(CC(=O)O)c1ccc(OCc2nc3c(s2)CCCC3)cc1. The number of hydrogen-bond donors (Lipinski definition) is 1. The second-order valence-corrected chi connectivity index (χ2v) is 8.26. The van der Waals surface area contributed by atoms with Gasteiger partial charge in [0.2, 0.25) is 0 Å². The molecule has 0 fully saturated rings. The van der Waals surface area contributed by atoms with Gasteiger partial charge in [-0.3, -0.25) is 4.79 Å². The third kappa shape index (κ3) is 4.09. The number of aromatic nitrogens is 3. The molecule has 28 heavy (non-hydrogen) atoms. The maximum absolute atomic E-state index is 11.3. The number of thiazole rings is 1. The highest BCUT2D eigenvalue weighted by Gasteiger charge is 2.22. The van der Waals surface area contributed by atoms with Gasteiger partial charge < -0.3 is 14.4 Å². The lowest BCUT2D eigenvalue weighted by Crippen LogP contribution is -2.12. The van der Waals surface area contributed by atoms with Crippen LogP contribution in [0.2, 0.25) is 0 Å². The van der Waals surface area contributed by atoms with E-state index in [1.54, 1.807) is 17.5 Å². The Hall–Kier alpha value is -2.67. The molecule has 0 saturated heterocycles. The zero-order valence-corrected chi connectivity index (χ0v) is 16.6. The van der Waals surface area contributed by atoms with Gasteiger partial charge in [0.25, 0.3) is 0 Å². The van der Waals surface area contributed by atoms with E-state index in [1.165, 1.54) is 23.4 Å². The summed E-state index contributed by atoms with van der Waals surface area (Å²) in [5, 5.41) is 10.3. The van der Waals surface area contributed by atoms with Crippen LogP contribution in [0.4, 0.5) is 0 Å². The van der Waals surface area contributed by atoms with Gasteiger partial charge in [0.05, 0.1) is 18.0 Å². The number of hydrogen-bond acceptors (Lipinski definition) is 5. The summed E-state index contributed by atoms with van der Waals surface area (Å²) in [6, 6.07) is 7.62. The van der Waals surface area contributed by atoms with Crippen molar-refractivity contribution in [2.75, 3.05) is 0 Å². The summed E-state index contributed by atoms with van der Waals surface area (Å²) in [7, 11) is 1.88. The number of aryl methyl sites for hydroxylation is 3. The highest BCUT2D eigenvalue weighted by atomic mass is 32.1. The predicted octanol–water partition coefficient (Wildman–Crippen LogP) is 3.94. The molecule has 1 atom stereocenters. The molecule has 0 amide bonds. The van der Waals surface area contributed by atoms with Crippen molar-refractivity contribution in [1.82, 2.24) is 14.5 Å². The van der Waals surface area contributed by atoms with E-state index in [0.717, 1.165) is 35.0 Å².